The number of alkyl halides is 8. The molecule has 0 aliphatic heterocycles. The molecule has 0 aliphatic rings. The first kappa shape index (κ1) is 16.0. The van der Waals surface area contributed by atoms with Gasteiger partial charge in [0.15, 0.2) is 0 Å². The molecule has 1 aromatic carbocycles. The molecule has 0 radical (unpaired) electrons. The monoisotopic (exact) mass is 358 g/mol. The average Bonchev–Trinajstić information content (AvgIpc) is 2.17. The van der Waals surface area contributed by atoms with E-state index in [1.807, 2.05) is 0 Å². The second-order valence-electron chi connectivity index (χ2n) is 3.26. The van der Waals surface area contributed by atoms with Crippen LogP contribution >= 0.6 is 15.9 Å². The summed E-state index contributed by atoms with van der Waals surface area (Å²) in [7, 11) is 0. The first-order valence-electron chi connectivity index (χ1n) is 4.35. The largest absolute Gasteiger partial charge is 0.499 e. The van der Waals surface area contributed by atoms with Crippen LogP contribution in [0, 0.1) is 0 Å². The lowest BCUT2D eigenvalue weighted by Gasteiger charge is -2.21. The first-order valence-corrected chi connectivity index (χ1v) is 5.14. The molecule has 0 aliphatic carbocycles. The Kier molecular flexibility index (Phi) is 4.04. The summed E-state index contributed by atoms with van der Waals surface area (Å²) in [5, 5.41) is 0. The van der Waals surface area contributed by atoms with Gasteiger partial charge in [-0.15, -0.1) is 0 Å². The van der Waals surface area contributed by atoms with E-state index in [1.165, 1.54) is 0 Å². The van der Waals surface area contributed by atoms with Crippen LogP contribution in [0.2, 0.25) is 0 Å². The Hall–Kier alpha value is -1.06. The Morgan fingerprint density at radius 2 is 1.42 bits per heavy atom. The van der Waals surface area contributed by atoms with E-state index in [0.29, 0.717) is 12.1 Å². The van der Waals surface area contributed by atoms with Crippen LogP contribution in [-0.4, -0.2) is 12.3 Å². The molecule has 0 N–H and O–H groups in total. The molecule has 108 valence electrons. The third kappa shape index (κ3) is 3.71. The summed E-state index contributed by atoms with van der Waals surface area (Å²) in [6.45, 7) is 0. The summed E-state index contributed by atoms with van der Waals surface area (Å²) in [6, 6.07) is 1.26. The minimum absolute atomic E-state index is 0.0454. The van der Waals surface area contributed by atoms with E-state index in [0.717, 1.165) is 0 Å². The zero-order valence-corrected chi connectivity index (χ0v) is 10.1. The Balaban J connectivity index is 3.12. The summed E-state index contributed by atoms with van der Waals surface area (Å²) in [5.74, 6) is -1.25. The molecule has 1 rings (SSSR count). The van der Waals surface area contributed by atoms with Crippen LogP contribution in [0.1, 0.15) is 5.56 Å². The predicted molar refractivity (Wildman–Crippen MR) is 50.8 cm³/mol. The number of rotatable bonds is 2. The zero-order valence-electron chi connectivity index (χ0n) is 8.54. The smallest absolute Gasteiger partial charge is 0.426 e. The van der Waals surface area contributed by atoms with Gasteiger partial charge in [0.05, 0.1) is 5.56 Å². The van der Waals surface area contributed by atoms with Crippen molar-refractivity contribution < 1.29 is 39.9 Å². The highest BCUT2D eigenvalue weighted by atomic mass is 79.9. The third-order valence-corrected chi connectivity index (χ3v) is 2.51. The topological polar surface area (TPSA) is 9.23 Å². The summed E-state index contributed by atoms with van der Waals surface area (Å²) >= 11 is 2.50. The lowest BCUT2D eigenvalue weighted by molar-refractivity contribution is -0.360. The highest BCUT2D eigenvalue weighted by Crippen LogP contribution is 2.40. The molecule has 0 bridgehead atoms. The van der Waals surface area contributed by atoms with Gasteiger partial charge in [0.2, 0.25) is 0 Å². The van der Waals surface area contributed by atoms with Crippen molar-refractivity contribution in [3.8, 4) is 5.75 Å². The van der Waals surface area contributed by atoms with Crippen molar-refractivity contribution in [1.82, 2.24) is 0 Å². The summed E-state index contributed by atoms with van der Waals surface area (Å²) in [4.78, 5) is 0. The van der Waals surface area contributed by atoms with Gasteiger partial charge in [0.1, 0.15) is 5.75 Å². The number of hydrogen-bond donors (Lipinski definition) is 0. The highest BCUT2D eigenvalue weighted by Gasteiger charge is 2.61. The number of hydrogen-bond acceptors (Lipinski definition) is 1. The fourth-order valence-electron chi connectivity index (χ4n) is 0.991. The lowest BCUT2D eigenvalue weighted by Crippen LogP contribution is -2.41. The fourth-order valence-corrected chi connectivity index (χ4v) is 1.46. The molecule has 0 unspecified atom stereocenters. The molecule has 0 aromatic heterocycles. The zero-order chi connectivity index (χ0) is 15.1. The van der Waals surface area contributed by atoms with Gasteiger partial charge in [-0.2, -0.15) is 35.1 Å². The van der Waals surface area contributed by atoms with Crippen LogP contribution in [0.4, 0.5) is 35.1 Å². The average molecular weight is 359 g/mol. The van der Waals surface area contributed by atoms with E-state index in [-0.39, 0.29) is 6.07 Å². The van der Waals surface area contributed by atoms with E-state index in [9.17, 15) is 35.1 Å². The van der Waals surface area contributed by atoms with Crippen LogP contribution in [0.15, 0.2) is 22.7 Å². The van der Waals surface area contributed by atoms with Crippen molar-refractivity contribution in [2.45, 2.75) is 18.5 Å². The second-order valence-corrected chi connectivity index (χ2v) is 4.11. The quantitative estimate of drug-likeness (QED) is 0.676. The van der Waals surface area contributed by atoms with Crippen molar-refractivity contribution in [1.29, 1.82) is 0 Å². The minimum atomic E-state index is -6.03. The van der Waals surface area contributed by atoms with Gasteiger partial charge in [-0.1, -0.05) is 15.9 Å². The maximum absolute atomic E-state index is 12.5. The molecule has 0 fully saturated rings. The van der Waals surface area contributed by atoms with Crippen molar-refractivity contribution in [2.75, 3.05) is 0 Å². The van der Waals surface area contributed by atoms with E-state index in [1.54, 1.807) is 0 Å². The Labute approximate surface area is 109 Å². The van der Waals surface area contributed by atoms with Crippen molar-refractivity contribution in [3.63, 3.8) is 0 Å². The molecule has 10 heteroatoms. The van der Waals surface area contributed by atoms with Crippen LogP contribution in [0.25, 0.3) is 0 Å². The molecule has 0 amide bonds. The summed E-state index contributed by atoms with van der Waals surface area (Å²) in [6.07, 6.45) is -16.5. The Morgan fingerprint density at radius 3 is 1.84 bits per heavy atom. The molecule has 0 heterocycles. The lowest BCUT2D eigenvalue weighted by atomic mass is 10.2. The number of benzene rings is 1. The Morgan fingerprint density at radius 1 is 0.895 bits per heavy atom. The molecule has 0 saturated carbocycles. The van der Waals surface area contributed by atoms with Gasteiger partial charge in [0.25, 0.3) is 0 Å². The van der Waals surface area contributed by atoms with Gasteiger partial charge >= 0.3 is 18.5 Å². The van der Waals surface area contributed by atoms with Crippen molar-refractivity contribution in [3.05, 3.63) is 28.2 Å². The van der Waals surface area contributed by atoms with Crippen LogP contribution < -0.4 is 4.74 Å². The third-order valence-electron chi connectivity index (χ3n) is 1.82. The molecule has 1 aromatic rings. The molecule has 0 spiro atoms. The second kappa shape index (κ2) is 4.80. The number of ether oxygens (including phenoxy) is 1. The van der Waals surface area contributed by atoms with Crippen LogP contribution in [0.3, 0.4) is 0 Å². The number of halogens is 9. The molecule has 0 saturated heterocycles. The molecular formula is C9H3BrF8O. The summed E-state index contributed by atoms with van der Waals surface area (Å²) in [5.41, 5.74) is -1.43. The molecule has 1 nitrogen and oxygen atoms in total. The van der Waals surface area contributed by atoms with E-state index in [4.69, 9.17) is 0 Å². The fraction of sp³-hybridized carbons (Fsp3) is 0.333. The van der Waals surface area contributed by atoms with Crippen molar-refractivity contribution >= 4 is 15.9 Å². The molecule has 19 heavy (non-hydrogen) atoms. The van der Waals surface area contributed by atoms with Gasteiger partial charge in [-0.05, 0) is 18.2 Å². The van der Waals surface area contributed by atoms with Gasteiger partial charge in [-0.3, -0.25) is 0 Å². The predicted octanol–water partition coefficient (Wildman–Crippen LogP) is 5.00. The van der Waals surface area contributed by atoms with Crippen LogP contribution in [0.5, 0.6) is 5.75 Å². The van der Waals surface area contributed by atoms with Gasteiger partial charge in [-0.25, -0.2) is 0 Å². The Bertz CT molecular complexity index is 464. The minimum Gasteiger partial charge on any atom is -0.426 e. The van der Waals surface area contributed by atoms with Crippen LogP contribution in [-0.2, 0) is 6.18 Å². The SMILES string of the molecule is FC(F)(F)c1cc(OC(F)(F)C(F)(F)F)ccc1Br. The first-order chi connectivity index (χ1) is 8.34. The van der Waals surface area contributed by atoms with E-state index in [2.05, 4.69) is 20.7 Å². The van der Waals surface area contributed by atoms with Crippen molar-refractivity contribution in [2.24, 2.45) is 0 Å². The standard InChI is InChI=1S/C9H3BrF8O/c10-6-2-1-4(3-5(6)7(11,12)13)19-9(17,18)8(14,15)16/h1-3H. The van der Waals surface area contributed by atoms with Gasteiger partial charge < -0.3 is 4.74 Å². The maximum Gasteiger partial charge on any atom is 0.499 e. The maximum atomic E-state index is 12.5. The normalized spacial score (nSPS) is 13.5. The summed E-state index contributed by atoms with van der Waals surface area (Å²) < 4.78 is 100. The van der Waals surface area contributed by atoms with Gasteiger partial charge in [0, 0.05) is 4.47 Å². The highest BCUT2D eigenvalue weighted by molar-refractivity contribution is 9.10. The van der Waals surface area contributed by atoms with E-state index >= 15 is 0 Å². The molecule has 0 atom stereocenters. The molecular weight excluding hydrogens is 356 g/mol. The van der Waals surface area contributed by atoms with E-state index < -0.39 is 34.2 Å².